The first-order valence-electron chi connectivity index (χ1n) is 6.01. The lowest BCUT2D eigenvalue weighted by Gasteiger charge is -2.06. The Morgan fingerprint density at radius 1 is 1.28 bits per heavy atom. The molecule has 0 N–H and O–H groups in total. The van der Waals surface area contributed by atoms with Crippen molar-refractivity contribution >= 4 is 11.3 Å². The third kappa shape index (κ3) is 1.70. The van der Waals surface area contributed by atoms with Crippen molar-refractivity contribution in [2.75, 3.05) is 7.11 Å². The third-order valence-electron chi connectivity index (χ3n) is 3.43. The highest BCUT2D eigenvalue weighted by molar-refractivity contribution is 7.14. The molecule has 0 saturated carbocycles. The number of thiophene rings is 1. The number of nitriles is 1. The molecule has 0 amide bonds. The summed E-state index contributed by atoms with van der Waals surface area (Å²) < 4.78 is 5.37. The fourth-order valence-electron chi connectivity index (χ4n) is 2.54. The SMILES string of the molecule is COc1c(C#N)csc1-c1ccc2c(c1)CCC2. The molecule has 90 valence electrons. The van der Waals surface area contributed by atoms with Gasteiger partial charge in [0.2, 0.25) is 0 Å². The van der Waals surface area contributed by atoms with Crippen LogP contribution in [0.2, 0.25) is 0 Å². The van der Waals surface area contributed by atoms with Crippen LogP contribution in [-0.2, 0) is 12.8 Å². The number of rotatable bonds is 2. The van der Waals surface area contributed by atoms with E-state index in [0.717, 1.165) is 4.88 Å². The van der Waals surface area contributed by atoms with Gasteiger partial charge in [-0.05, 0) is 42.0 Å². The molecule has 0 bridgehead atoms. The molecular formula is C15H13NOS. The summed E-state index contributed by atoms with van der Waals surface area (Å²) in [4.78, 5) is 1.06. The molecule has 1 aliphatic rings. The first-order valence-corrected chi connectivity index (χ1v) is 6.89. The van der Waals surface area contributed by atoms with Gasteiger partial charge in [-0.1, -0.05) is 12.1 Å². The van der Waals surface area contributed by atoms with Crippen LogP contribution in [0.1, 0.15) is 23.1 Å². The summed E-state index contributed by atoms with van der Waals surface area (Å²) in [7, 11) is 1.62. The van der Waals surface area contributed by atoms with Gasteiger partial charge in [0.25, 0.3) is 0 Å². The number of benzene rings is 1. The standard InChI is InChI=1S/C15H13NOS/c1-17-14-13(8-16)9-18-15(14)12-6-5-10-3-2-4-11(10)7-12/h5-7,9H,2-4H2,1H3. The Morgan fingerprint density at radius 3 is 2.89 bits per heavy atom. The van der Waals surface area contributed by atoms with Crippen molar-refractivity contribution in [3.05, 3.63) is 40.3 Å². The molecule has 0 unspecified atom stereocenters. The molecule has 3 rings (SSSR count). The minimum atomic E-state index is 0.623. The predicted octanol–water partition coefficient (Wildman–Crippen LogP) is 3.78. The molecule has 2 nitrogen and oxygen atoms in total. The zero-order valence-corrected chi connectivity index (χ0v) is 11.0. The van der Waals surface area contributed by atoms with Crippen molar-refractivity contribution in [3.63, 3.8) is 0 Å². The van der Waals surface area contributed by atoms with E-state index >= 15 is 0 Å². The van der Waals surface area contributed by atoms with Crippen molar-refractivity contribution in [2.45, 2.75) is 19.3 Å². The summed E-state index contributed by atoms with van der Waals surface area (Å²) in [6, 6.07) is 8.77. The van der Waals surface area contributed by atoms with E-state index in [2.05, 4.69) is 24.3 Å². The molecule has 1 aliphatic carbocycles. The number of methoxy groups -OCH3 is 1. The summed E-state index contributed by atoms with van der Waals surface area (Å²) in [5.74, 6) is 0.709. The largest absolute Gasteiger partial charge is 0.494 e. The molecule has 2 aromatic rings. The average molecular weight is 255 g/mol. The Bertz CT molecular complexity index is 636. The van der Waals surface area contributed by atoms with Crippen molar-refractivity contribution < 1.29 is 4.74 Å². The lowest BCUT2D eigenvalue weighted by molar-refractivity contribution is 0.417. The fraction of sp³-hybridized carbons (Fsp3) is 0.267. The number of hydrogen-bond donors (Lipinski definition) is 0. The van der Waals surface area contributed by atoms with Crippen LogP contribution < -0.4 is 4.74 Å². The van der Waals surface area contributed by atoms with Crippen molar-refractivity contribution in [1.82, 2.24) is 0 Å². The van der Waals surface area contributed by atoms with Crippen LogP contribution in [0, 0.1) is 11.3 Å². The van der Waals surface area contributed by atoms with E-state index < -0.39 is 0 Å². The number of aryl methyl sites for hydroxylation is 2. The quantitative estimate of drug-likeness (QED) is 0.818. The molecule has 0 radical (unpaired) electrons. The molecule has 0 saturated heterocycles. The van der Waals surface area contributed by atoms with Gasteiger partial charge in [-0.3, -0.25) is 0 Å². The van der Waals surface area contributed by atoms with Crippen LogP contribution in [0.15, 0.2) is 23.6 Å². The molecule has 0 aliphatic heterocycles. The Morgan fingerprint density at radius 2 is 2.11 bits per heavy atom. The molecular weight excluding hydrogens is 242 g/mol. The summed E-state index contributed by atoms with van der Waals surface area (Å²) in [5, 5.41) is 10.9. The summed E-state index contributed by atoms with van der Waals surface area (Å²) in [5.41, 5.74) is 4.70. The van der Waals surface area contributed by atoms with E-state index in [0.29, 0.717) is 11.3 Å². The highest BCUT2D eigenvalue weighted by atomic mass is 32.1. The molecule has 0 atom stereocenters. The van der Waals surface area contributed by atoms with Crippen LogP contribution in [0.3, 0.4) is 0 Å². The van der Waals surface area contributed by atoms with Gasteiger partial charge in [-0.2, -0.15) is 5.26 Å². The minimum Gasteiger partial charge on any atom is -0.494 e. The zero-order valence-electron chi connectivity index (χ0n) is 10.2. The maximum Gasteiger partial charge on any atom is 0.155 e. The third-order valence-corrected chi connectivity index (χ3v) is 4.44. The fourth-order valence-corrected chi connectivity index (χ4v) is 3.50. The Hall–Kier alpha value is -1.79. The second-order valence-corrected chi connectivity index (χ2v) is 5.34. The second-order valence-electron chi connectivity index (χ2n) is 4.46. The highest BCUT2D eigenvalue weighted by Crippen LogP contribution is 2.40. The molecule has 18 heavy (non-hydrogen) atoms. The van der Waals surface area contributed by atoms with Crippen LogP contribution in [0.5, 0.6) is 5.75 Å². The first-order chi connectivity index (χ1) is 8.83. The van der Waals surface area contributed by atoms with E-state index in [9.17, 15) is 0 Å². The zero-order chi connectivity index (χ0) is 12.5. The van der Waals surface area contributed by atoms with Gasteiger partial charge in [0.05, 0.1) is 12.0 Å². The van der Waals surface area contributed by atoms with Gasteiger partial charge in [0.1, 0.15) is 11.6 Å². The van der Waals surface area contributed by atoms with Crippen LogP contribution in [0.25, 0.3) is 10.4 Å². The van der Waals surface area contributed by atoms with E-state index in [-0.39, 0.29) is 0 Å². The van der Waals surface area contributed by atoms with E-state index in [1.165, 1.54) is 36.0 Å². The summed E-state index contributed by atoms with van der Waals surface area (Å²) in [6.07, 6.45) is 3.62. The van der Waals surface area contributed by atoms with Gasteiger partial charge in [0, 0.05) is 5.38 Å². The number of ether oxygens (including phenoxy) is 1. The monoisotopic (exact) mass is 255 g/mol. The topological polar surface area (TPSA) is 33.0 Å². The van der Waals surface area contributed by atoms with Crippen LogP contribution in [-0.4, -0.2) is 7.11 Å². The van der Waals surface area contributed by atoms with Gasteiger partial charge in [-0.15, -0.1) is 11.3 Å². The van der Waals surface area contributed by atoms with Gasteiger partial charge in [-0.25, -0.2) is 0 Å². The lowest BCUT2D eigenvalue weighted by Crippen LogP contribution is -1.87. The van der Waals surface area contributed by atoms with Crippen LogP contribution in [0.4, 0.5) is 0 Å². The van der Waals surface area contributed by atoms with Gasteiger partial charge in [0.15, 0.2) is 5.75 Å². The minimum absolute atomic E-state index is 0.623. The normalized spacial score (nSPS) is 13.1. The molecule has 1 aromatic carbocycles. The molecule has 0 spiro atoms. The van der Waals surface area contributed by atoms with Crippen molar-refractivity contribution in [1.29, 1.82) is 5.26 Å². The summed E-state index contributed by atoms with van der Waals surface area (Å²) in [6.45, 7) is 0. The van der Waals surface area contributed by atoms with E-state index in [1.807, 2.05) is 5.38 Å². The van der Waals surface area contributed by atoms with E-state index in [1.54, 1.807) is 18.4 Å². The molecule has 1 heterocycles. The Kier molecular flexibility index (Phi) is 2.81. The second kappa shape index (κ2) is 4.47. The lowest BCUT2D eigenvalue weighted by atomic mass is 10.0. The molecule has 3 heteroatoms. The molecule has 0 fully saturated rings. The smallest absolute Gasteiger partial charge is 0.155 e. The highest BCUT2D eigenvalue weighted by Gasteiger charge is 2.16. The number of nitrogens with zero attached hydrogens (tertiary/aromatic N) is 1. The first kappa shape index (κ1) is 11.3. The van der Waals surface area contributed by atoms with Crippen molar-refractivity contribution in [3.8, 4) is 22.3 Å². The predicted molar refractivity (Wildman–Crippen MR) is 73.0 cm³/mol. The average Bonchev–Trinajstić information content (AvgIpc) is 3.03. The van der Waals surface area contributed by atoms with Gasteiger partial charge < -0.3 is 4.74 Å². The maximum absolute atomic E-state index is 9.04. The van der Waals surface area contributed by atoms with Crippen molar-refractivity contribution in [2.24, 2.45) is 0 Å². The van der Waals surface area contributed by atoms with Crippen LogP contribution >= 0.6 is 11.3 Å². The van der Waals surface area contributed by atoms with Gasteiger partial charge >= 0.3 is 0 Å². The Balaban J connectivity index is 2.10. The van der Waals surface area contributed by atoms with E-state index in [4.69, 9.17) is 10.00 Å². The molecule has 1 aromatic heterocycles. The number of hydrogen-bond acceptors (Lipinski definition) is 3. The maximum atomic E-state index is 9.04. The summed E-state index contributed by atoms with van der Waals surface area (Å²) >= 11 is 1.58. The Labute approximate surface area is 110 Å². The number of fused-ring (bicyclic) bond motifs is 1.